The molecule has 0 N–H and O–H groups in total. The van der Waals surface area contributed by atoms with Crippen LogP contribution < -0.4 is 34.8 Å². The molecule has 0 saturated carbocycles. The van der Waals surface area contributed by atoms with Gasteiger partial charge in [0.05, 0.1) is 0 Å². The van der Waals surface area contributed by atoms with Gasteiger partial charge >= 0.3 is 18.9 Å². The first-order chi connectivity index (χ1) is 9.45. The Morgan fingerprint density at radius 2 is 0.950 bits per heavy atom. The van der Waals surface area contributed by atoms with Crippen LogP contribution in [0.3, 0.4) is 0 Å². The maximum absolute atomic E-state index is 3.10. The summed E-state index contributed by atoms with van der Waals surface area (Å²) in [6, 6.07) is 32.9. The third-order valence-corrected chi connectivity index (χ3v) is 5.43. The van der Waals surface area contributed by atoms with Crippen molar-refractivity contribution in [2.75, 3.05) is 0 Å². The summed E-state index contributed by atoms with van der Waals surface area (Å²) in [4.78, 5) is 0. The Labute approximate surface area is 133 Å². The molecule has 3 rings (SSSR count). The maximum atomic E-state index is 3.10. The minimum atomic E-state index is -0.466. The van der Waals surface area contributed by atoms with Gasteiger partial charge in [-0.3, -0.25) is 0 Å². The van der Waals surface area contributed by atoms with Gasteiger partial charge < -0.3 is 0 Å². The van der Waals surface area contributed by atoms with Gasteiger partial charge in [-0.25, -0.2) is 0 Å². The number of hydrogen-bond acceptors (Lipinski definition) is 0. The van der Waals surface area contributed by atoms with Gasteiger partial charge in [-0.05, 0) is 18.5 Å². The van der Waals surface area contributed by atoms with Crippen LogP contribution in [0.4, 0.5) is 0 Å². The van der Waals surface area contributed by atoms with Crippen molar-refractivity contribution in [3.8, 4) is 0 Å². The van der Waals surface area contributed by atoms with Crippen LogP contribution >= 0.6 is 7.92 Å². The zero-order chi connectivity index (χ0) is 12.9. The van der Waals surface area contributed by atoms with E-state index in [1.807, 2.05) is 12.1 Å². The monoisotopic (exact) mass is 268 g/mol. The molecule has 0 amide bonds. The molecule has 0 bridgehead atoms. The topological polar surface area (TPSA) is 0 Å². The Bertz CT molecular complexity index is 529. The number of hydrogen-bond donors (Lipinski definition) is 0. The van der Waals surface area contributed by atoms with Crippen LogP contribution in [0.1, 0.15) is 0 Å². The van der Waals surface area contributed by atoms with E-state index in [0.717, 1.165) is 0 Å². The van der Waals surface area contributed by atoms with Crippen LogP contribution in [0.25, 0.3) is 0 Å². The fraction of sp³-hybridized carbons (Fsp3) is 0. The molecule has 20 heavy (non-hydrogen) atoms. The van der Waals surface area contributed by atoms with Crippen LogP contribution in [0.15, 0.2) is 84.9 Å². The predicted molar refractivity (Wildman–Crippen MR) is 84.0 cm³/mol. The molecule has 2 heteroatoms. The Kier molecular flexibility index (Phi) is 5.63. The Hall–Kier alpha value is -1.31. The van der Waals surface area contributed by atoms with E-state index in [1.165, 1.54) is 15.9 Å². The van der Waals surface area contributed by atoms with E-state index in [2.05, 4.69) is 78.9 Å². The van der Waals surface area contributed by atoms with Gasteiger partial charge in [0.25, 0.3) is 0 Å². The number of benzene rings is 3. The van der Waals surface area contributed by atoms with E-state index in [4.69, 9.17) is 0 Å². The van der Waals surface area contributed by atoms with Crippen molar-refractivity contribution < 1.29 is 18.9 Å². The first-order valence-electron chi connectivity index (χ1n) is 6.31. The average Bonchev–Trinajstić information content (AvgIpc) is 2.51. The number of rotatable bonds is 3. The summed E-state index contributed by atoms with van der Waals surface area (Å²) in [5, 5.41) is 4.14. The van der Waals surface area contributed by atoms with Gasteiger partial charge in [0, 0.05) is 0 Å². The van der Waals surface area contributed by atoms with Gasteiger partial charge in [-0.2, -0.15) is 30.3 Å². The molecule has 0 nitrogen and oxygen atoms in total. The molecule has 0 saturated heterocycles. The zero-order valence-electron chi connectivity index (χ0n) is 11.5. The minimum absolute atomic E-state index is 0. The molecule has 0 heterocycles. The standard InChI is InChI=1S/C18H14P.Li/c1-4-10-16(11-5-1)19(17-12-6-2-7-13-17)18-14-8-3-9-15-18;/h1-2,4-15H;/q-1;+1. The summed E-state index contributed by atoms with van der Waals surface area (Å²) in [5.74, 6) is 0. The van der Waals surface area contributed by atoms with Crippen molar-refractivity contribution in [3.63, 3.8) is 0 Å². The third-order valence-electron chi connectivity index (χ3n) is 2.99. The molecule has 3 aromatic rings. The van der Waals surface area contributed by atoms with E-state index >= 15 is 0 Å². The molecular formula is C18H14LiP. The molecular weight excluding hydrogens is 254 g/mol. The fourth-order valence-electron chi connectivity index (χ4n) is 2.13. The SMILES string of the molecule is [Li+].[c-]1ccc(P(c2ccccc2)c2ccccc2)cc1. The molecule has 0 fully saturated rings. The second-order valence-corrected chi connectivity index (χ2v) is 6.48. The molecule has 0 atom stereocenters. The molecule has 3 aromatic carbocycles. The van der Waals surface area contributed by atoms with Crippen LogP contribution in [-0.2, 0) is 0 Å². The molecule has 0 aliphatic rings. The Balaban J connectivity index is 0.00000147. The van der Waals surface area contributed by atoms with E-state index < -0.39 is 7.92 Å². The molecule has 92 valence electrons. The molecule has 0 spiro atoms. The van der Waals surface area contributed by atoms with Crippen molar-refractivity contribution in [2.24, 2.45) is 0 Å². The molecule has 0 unspecified atom stereocenters. The molecule has 0 aliphatic carbocycles. The summed E-state index contributed by atoms with van der Waals surface area (Å²) in [5.41, 5.74) is 0. The van der Waals surface area contributed by atoms with Crippen molar-refractivity contribution in [3.05, 3.63) is 91.0 Å². The zero-order valence-corrected chi connectivity index (χ0v) is 12.4. The van der Waals surface area contributed by atoms with Crippen molar-refractivity contribution >= 4 is 23.8 Å². The van der Waals surface area contributed by atoms with Crippen LogP contribution in [0.5, 0.6) is 0 Å². The normalized spacial score (nSPS) is 10.1. The molecule has 0 radical (unpaired) electrons. The molecule has 0 aromatic heterocycles. The van der Waals surface area contributed by atoms with E-state index in [-0.39, 0.29) is 18.9 Å². The van der Waals surface area contributed by atoms with Crippen molar-refractivity contribution in [1.82, 2.24) is 0 Å². The Morgan fingerprint density at radius 3 is 1.40 bits per heavy atom. The van der Waals surface area contributed by atoms with Crippen molar-refractivity contribution in [1.29, 1.82) is 0 Å². The van der Waals surface area contributed by atoms with Crippen LogP contribution in [-0.4, -0.2) is 0 Å². The molecule has 0 aliphatic heterocycles. The smallest absolute Gasteiger partial charge is 0.184 e. The van der Waals surface area contributed by atoms with E-state index in [0.29, 0.717) is 0 Å². The second kappa shape index (κ2) is 7.46. The van der Waals surface area contributed by atoms with Crippen LogP contribution in [0, 0.1) is 6.07 Å². The summed E-state index contributed by atoms with van der Waals surface area (Å²) >= 11 is 0. The first kappa shape index (κ1) is 15.1. The maximum Gasteiger partial charge on any atom is 1.00 e. The van der Waals surface area contributed by atoms with E-state index in [1.54, 1.807) is 0 Å². The second-order valence-electron chi connectivity index (χ2n) is 4.26. The summed E-state index contributed by atoms with van der Waals surface area (Å²) in [6.07, 6.45) is 0. The van der Waals surface area contributed by atoms with Crippen LogP contribution in [0.2, 0.25) is 0 Å². The van der Waals surface area contributed by atoms with Gasteiger partial charge in [0.2, 0.25) is 0 Å². The van der Waals surface area contributed by atoms with Crippen molar-refractivity contribution in [2.45, 2.75) is 0 Å². The van der Waals surface area contributed by atoms with E-state index in [9.17, 15) is 0 Å². The van der Waals surface area contributed by atoms with Gasteiger partial charge in [0.1, 0.15) is 0 Å². The minimum Gasteiger partial charge on any atom is -0.184 e. The first-order valence-corrected chi connectivity index (χ1v) is 7.66. The van der Waals surface area contributed by atoms with Gasteiger partial charge in [-0.1, -0.05) is 60.7 Å². The van der Waals surface area contributed by atoms with Gasteiger partial charge in [0.15, 0.2) is 0 Å². The predicted octanol–water partition coefficient (Wildman–Crippen LogP) is 0.249. The average molecular weight is 268 g/mol. The summed E-state index contributed by atoms with van der Waals surface area (Å²) in [7, 11) is -0.466. The summed E-state index contributed by atoms with van der Waals surface area (Å²) in [6.45, 7) is 0. The largest absolute Gasteiger partial charge is 1.00 e. The van der Waals surface area contributed by atoms with Gasteiger partial charge in [-0.15, -0.1) is 5.30 Å². The third kappa shape index (κ3) is 3.41. The Morgan fingerprint density at radius 1 is 0.550 bits per heavy atom. The quantitative estimate of drug-likeness (QED) is 0.363. The fourth-order valence-corrected chi connectivity index (χ4v) is 4.41. The summed E-state index contributed by atoms with van der Waals surface area (Å²) < 4.78 is 0.